The zero-order valence-corrected chi connectivity index (χ0v) is 12.8. The van der Waals surface area contributed by atoms with E-state index in [2.05, 4.69) is 28.3 Å². The molecule has 0 aliphatic carbocycles. The lowest BCUT2D eigenvalue weighted by Gasteiger charge is -2.13. The van der Waals surface area contributed by atoms with Gasteiger partial charge in [-0.1, -0.05) is 13.0 Å². The summed E-state index contributed by atoms with van der Waals surface area (Å²) in [5.41, 5.74) is 8.67. The van der Waals surface area contributed by atoms with Gasteiger partial charge in [0.25, 0.3) is 0 Å². The molecule has 0 unspecified atom stereocenters. The molecule has 0 amide bonds. The van der Waals surface area contributed by atoms with Crippen molar-refractivity contribution >= 4 is 11.5 Å². The molecule has 3 N–H and O–H groups in total. The van der Waals surface area contributed by atoms with Gasteiger partial charge in [-0.3, -0.25) is 4.98 Å². The van der Waals surface area contributed by atoms with E-state index in [0.717, 1.165) is 17.9 Å². The average Bonchev–Trinajstić information content (AvgIpc) is 2.48. The number of aromatic nitrogens is 2. The molecule has 0 aliphatic heterocycles. The molecule has 0 spiro atoms. The standard InChI is InChI=1S/C16H22N4O/c1-4-12-6-5-9-18-14(12)10-19-15-8-7-13(17)16(20-15)21-11(2)3/h5-9,11H,4,10,17H2,1-3H3,(H,19,20). The monoisotopic (exact) mass is 286 g/mol. The number of hydrogen-bond donors (Lipinski definition) is 2. The van der Waals surface area contributed by atoms with Gasteiger partial charge < -0.3 is 15.8 Å². The van der Waals surface area contributed by atoms with Crippen LogP contribution in [0.4, 0.5) is 11.5 Å². The fourth-order valence-corrected chi connectivity index (χ4v) is 1.99. The summed E-state index contributed by atoms with van der Waals surface area (Å²) in [6.07, 6.45) is 2.80. The van der Waals surface area contributed by atoms with E-state index in [1.165, 1.54) is 5.56 Å². The van der Waals surface area contributed by atoms with Gasteiger partial charge in [-0.25, -0.2) is 0 Å². The quantitative estimate of drug-likeness (QED) is 0.854. The molecule has 0 aliphatic rings. The Morgan fingerprint density at radius 3 is 2.81 bits per heavy atom. The first-order chi connectivity index (χ1) is 10.1. The number of rotatable bonds is 6. The lowest BCUT2D eigenvalue weighted by atomic mass is 10.1. The number of pyridine rings is 2. The van der Waals surface area contributed by atoms with Crippen molar-refractivity contribution < 1.29 is 4.74 Å². The van der Waals surface area contributed by atoms with Crippen LogP contribution >= 0.6 is 0 Å². The van der Waals surface area contributed by atoms with Crippen LogP contribution in [0, 0.1) is 0 Å². The molecule has 2 aromatic heterocycles. The molecule has 0 saturated heterocycles. The lowest BCUT2D eigenvalue weighted by Crippen LogP contribution is -2.11. The second-order valence-corrected chi connectivity index (χ2v) is 5.07. The fourth-order valence-electron chi connectivity index (χ4n) is 1.99. The minimum Gasteiger partial charge on any atom is -0.473 e. The minimum absolute atomic E-state index is 0.0394. The number of nitrogen functional groups attached to an aromatic ring is 1. The molecule has 2 rings (SSSR count). The van der Waals surface area contributed by atoms with Crippen molar-refractivity contribution in [2.75, 3.05) is 11.1 Å². The third-order valence-corrected chi connectivity index (χ3v) is 3.04. The molecule has 2 heterocycles. The summed E-state index contributed by atoms with van der Waals surface area (Å²) in [7, 11) is 0. The van der Waals surface area contributed by atoms with Crippen molar-refractivity contribution in [1.29, 1.82) is 0 Å². The van der Waals surface area contributed by atoms with Gasteiger partial charge in [-0.15, -0.1) is 0 Å². The first kappa shape index (κ1) is 15.1. The van der Waals surface area contributed by atoms with E-state index in [9.17, 15) is 0 Å². The highest BCUT2D eigenvalue weighted by molar-refractivity contribution is 5.53. The van der Waals surface area contributed by atoms with Gasteiger partial charge in [-0.2, -0.15) is 4.98 Å². The molecule has 112 valence electrons. The van der Waals surface area contributed by atoms with Crippen molar-refractivity contribution in [1.82, 2.24) is 9.97 Å². The largest absolute Gasteiger partial charge is 0.473 e. The van der Waals surface area contributed by atoms with Gasteiger partial charge in [0.2, 0.25) is 5.88 Å². The Morgan fingerprint density at radius 1 is 1.29 bits per heavy atom. The van der Waals surface area contributed by atoms with E-state index in [1.54, 1.807) is 12.3 Å². The maximum absolute atomic E-state index is 5.86. The number of aryl methyl sites for hydroxylation is 1. The Labute approximate surface area is 125 Å². The van der Waals surface area contributed by atoms with E-state index in [1.807, 2.05) is 26.0 Å². The predicted octanol–water partition coefficient (Wildman–Crippen LogP) is 3.02. The third kappa shape index (κ3) is 4.08. The Balaban J connectivity index is 2.09. The second kappa shape index (κ2) is 6.92. The highest BCUT2D eigenvalue weighted by Gasteiger charge is 2.07. The maximum atomic E-state index is 5.86. The number of nitrogens with two attached hydrogens (primary N) is 1. The Morgan fingerprint density at radius 2 is 2.10 bits per heavy atom. The van der Waals surface area contributed by atoms with Gasteiger partial charge in [-0.05, 0) is 44.0 Å². The summed E-state index contributed by atoms with van der Waals surface area (Å²) in [4.78, 5) is 8.80. The van der Waals surface area contributed by atoms with Crippen molar-refractivity contribution in [2.24, 2.45) is 0 Å². The number of ether oxygens (including phenoxy) is 1. The summed E-state index contributed by atoms with van der Waals surface area (Å²) < 4.78 is 5.59. The van der Waals surface area contributed by atoms with Crippen LogP contribution in [-0.4, -0.2) is 16.1 Å². The van der Waals surface area contributed by atoms with Crippen molar-refractivity contribution in [2.45, 2.75) is 39.8 Å². The van der Waals surface area contributed by atoms with E-state index in [0.29, 0.717) is 18.1 Å². The third-order valence-electron chi connectivity index (χ3n) is 3.04. The number of hydrogen-bond acceptors (Lipinski definition) is 5. The molecule has 0 fully saturated rings. The summed E-state index contributed by atoms with van der Waals surface area (Å²) in [6, 6.07) is 7.69. The van der Waals surface area contributed by atoms with Gasteiger partial charge in [0.1, 0.15) is 5.82 Å². The molecule has 2 aromatic rings. The predicted molar refractivity (Wildman–Crippen MR) is 85.4 cm³/mol. The number of nitrogens with one attached hydrogen (secondary N) is 1. The Bertz CT molecular complexity index is 599. The molecule has 5 nitrogen and oxygen atoms in total. The van der Waals surface area contributed by atoms with E-state index >= 15 is 0 Å². The summed E-state index contributed by atoms with van der Waals surface area (Å²) in [5, 5.41) is 3.27. The van der Waals surface area contributed by atoms with Gasteiger partial charge in [0.05, 0.1) is 24.0 Å². The summed E-state index contributed by atoms with van der Waals surface area (Å²) in [5.74, 6) is 1.19. The van der Waals surface area contributed by atoms with Gasteiger partial charge in [0, 0.05) is 6.20 Å². The zero-order valence-electron chi connectivity index (χ0n) is 12.8. The molecule has 5 heteroatoms. The van der Waals surface area contributed by atoms with Crippen molar-refractivity contribution in [3.63, 3.8) is 0 Å². The van der Waals surface area contributed by atoms with E-state index in [4.69, 9.17) is 10.5 Å². The maximum Gasteiger partial charge on any atom is 0.239 e. The van der Waals surface area contributed by atoms with Gasteiger partial charge in [0.15, 0.2) is 0 Å². The normalized spacial score (nSPS) is 10.7. The Kier molecular flexibility index (Phi) is 4.98. The van der Waals surface area contributed by atoms with Crippen LogP contribution in [0.1, 0.15) is 32.0 Å². The van der Waals surface area contributed by atoms with Gasteiger partial charge >= 0.3 is 0 Å². The molecule has 0 saturated carbocycles. The van der Waals surface area contributed by atoms with E-state index in [-0.39, 0.29) is 6.10 Å². The first-order valence-corrected chi connectivity index (χ1v) is 7.20. The molecule has 21 heavy (non-hydrogen) atoms. The molecule has 0 aromatic carbocycles. The van der Waals surface area contributed by atoms with Crippen LogP contribution < -0.4 is 15.8 Å². The fraction of sp³-hybridized carbons (Fsp3) is 0.375. The Hall–Kier alpha value is -2.30. The second-order valence-electron chi connectivity index (χ2n) is 5.07. The summed E-state index contributed by atoms with van der Waals surface area (Å²) >= 11 is 0. The SMILES string of the molecule is CCc1cccnc1CNc1ccc(N)c(OC(C)C)n1. The zero-order chi connectivity index (χ0) is 15.2. The molecule has 0 bridgehead atoms. The molecular weight excluding hydrogens is 264 g/mol. The van der Waals surface area contributed by atoms with Crippen LogP contribution in [0.25, 0.3) is 0 Å². The average molecular weight is 286 g/mol. The topological polar surface area (TPSA) is 73.1 Å². The van der Waals surface area contributed by atoms with Crippen LogP contribution in [0.2, 0.25) is 0 Å². The summed E-state index contributed by atoms with van der Waals surface area (Å²) in [6.45, 7) is 6.64. The highest BCUT2D eigenvalue weighted by atomic mass is 16.5. The molecule has 0 atom stereocenters. The molecular formula is C16H22N4O. The first-order valence-electron chi connectivity index (χ1n) is 7.20. The smallest absolute Gasteiger partial charge is 0.239 e. The van der Waals surface area contributed by atoms with Crippen LogP contribution in [-0.2, 0) is 13.0 Å². The van der Waals surface area contributed by atoms with Crippen molar-refractivity contribution in [3.05, 3.63) is 41.7 Å². The number of anilines is 2. The minimum atomic E-state index is 0.0394. The van der Waals surface area contributed by atoms with Crippen LogP contribution in [0.3, 0.4) is 0 Å². The molecule has 0 radical (unpaired) electrons. The van der Waals surface area contributed by atoms with Crippen LogP contribution in [0.5, 0.6) is 5.88 Å². The van der Waals surface area contributed by atoms with Crippen molar-refractivity contribution in [3.8, 4) is 5.88 Å². The highest BCUT2D eigenvalue weighted by Crippen LogP contribution is 2.22. The van der Waals surface area contributed by atoms with Crippen LogP contribution in [0.15, 0.2) is 30.5 Å². The number of nitrogens with zero attached hydrogens (tertiary/aromatic N) is 2. The lowest BCUT2D eigenvalue weighted by molar-refractivity contribution is 0.234. The van der Waals surface area contributed by atoms with E-state index < -0.39 is 0 Å².